The molecule has 86 valence electrons. The third-order valence-electron chi connectivity index (χ3n) is 2.89. The Bertz CT molecular complexity index is 425. The number of carbonyl (C=O) groups excluding carboxylic acids is 1. The number of carbonyl (C=O) groups is 1. The minimum atomic E-state index is -0.00842. The number of rotatable bonds is 2. The molecule has 0 aromatic heterocycles. The molecule has 1 fully saturated rings. The number of ketones is 1. The highest BCUT2D eigenvalue weighted by Crippen LogP contribution is 2.27. The zero-order valence-electron chi connectivity index (χ0n) is 9.02. The molecule has 2 nitrogen and oxygen atoms in total. The molecule has 0 spiro atoms. The molecule has 0 saturated carbocycles. The van der Waals surface area contributed by atoms with Crippen LogP contribution in [0, 0.1) is 6.92 Å². The summed E-state index contributed by atoms with van der Waals surface area (Å²) in [4.78, 5) is 12.2. The molecular weight excluding hydrogens is 334 g/mol. The first-order valence-corrected chi connectivity index (χ1v) is 6.91. The Kier molecular flexibility index (Phi) is 3.82. The number of benzene rings is 1. The van der Waals surface area contributed by atoms with Gasteiger partial charge in [-0.1, -0.05) is 31.9 Å². The molecule has 1 aromatic carbocycles. The maximum Gasteiger partial charge on any atom is 0.180 e. The van der Waals surface area contributed by atoms with Crippen LogP contribution in [0.3, 0.4) is 0 Å². The van der Waals surface area contributed by atoms with Crippen molar-refractivity contribution in [3.8, 4) is 0 Å². The Labute approximate surface area is 112 Å². The normalized spacial score (nSPS) is 20.1. The summed E-state index contributed by atoms with van der Waals surface area (Å²) in [6.07, 6.45) is 2.03. The van der Waals surface area contributed by atoms with E-state index in [2.05, 4.69) is 37.2 Å². The largest absolute Gasteiger partial charge is 0.307 e. The van der Waals surface area contributed by atoms with E-state index in [0.717, 1.165) is 39.5 Å². The van der Waals surface area contributed by atoms with Crippen molar-refractivity contribution >= 4 is 37.6 Å². The molecule has 1 N–H and O–H groups in total. The molecule has 0 amide bonds. The van der Waals surface area contributed by atoms with Gasteiger partial charge in [0.1, 0.15) is 0 Å². The summed E-state index contributed by atoms with van der Waals surface area (Å²) in [5.41, 5.74) is 1.89. The zero-order valence-corrected chi connectivity index (χ0v) is 12.2. The van der Waals surface area contributed by atoms with Crippen molar-refractivity contribution < 1.29 is 4.79 Å². The van der Waals surface area contributed by atoms with Crippen LogP contribution >= 0.6 is 31.9 Å². The maximum absolute atomic E-state index is 12.2. The Hall–Kier alpha value is -0.190. The van der Waals surface area contributed by atoms with Gasteiger partial charge in [0.15, 0.2) is 5.78 Å². The van der Waals surface area contributed by atoms with E-state index in [1.165, 1.54) is 0 Å². The van der Waals surface area contributed by atoms with Crippen LogP contribution in [0.15, 0.2) is 21.1 Å². The minimum Gasteiger partial charge on any atom is -0.307 e. The summed E-state index contributed by atoms with van der Waals surface area (Å²) >= 11 is 6.92. The first kappa shape index (κ1) is 12.3. The molecule has 0 aliphatic carbocycles. The van der Waals surface area contributed by atoms with Gasteiger partial charge < -0.3 is 5.32 Å². The van der Waals surface area contributed by atoms with Crippen molar-refractivity contribution in [2.45, 2.75) is 25.8 Å². The lowest BCUT2D eigenvalue weighted by molar-refractivity contribution is 0.0951. The van der Waals surface area contributed by atoms with E-state index in [0.29, 0.717) is 0 Å². The summed E-state index contributed by atoms with van der Waals surface area (Å²) in [6, 6.07) is 3.87. The highest BCUT2D eigenvalue weighted by Gasteiger charge is 2.25. The van der Waals surface area contributed by atoms with Gasteiger partial charge in [-0.25, -0.2) is 0 Å². The van der Waals surface area contributed by atoms with E-state index >= 15 is 0 Å². The summed E-state index contributed by atoms with van der Waals surface area (Å²) in [5, 5.41) is 3.23. The van der Waals surface area contributed by atoms with Crippen molar-refractivity contribution in [2.24, 2.45) is 0 Å². The van der Waals surface area contributed by atoms with Crippen LogP contribution in [-0.2, 0) is 0 Å². The van der Waals surface area contributed by atoms with Crippen LogP contribution in [-0.4, -0.2) is 18.4 Å². The van der Waals surface area contributed by atoms with Crippen molar-refractivity contribution in [1.82, 2.24) is 5.32 Å². The Morgan fingerprint density at radius 2 is 2.12 bits per heavy atom. The fourth-order valence-corrected chi connectivity index (χ4v) is 2.93. The fraction of sp³-hybridized carbons (Fsp3) is 0.417. The van der Waals surface area contributed by atoms with E-state index in [1.807, 2.05) is 19.1 Å². The second-order valence-corrected chi connectivity index (χ2v) is 5.80. The monoisotopic (exact) mass is 345 g/mol. The van der Waals surface area contributed by atoms with Crippen LogP contribution in [0.4, 0.5) is 0 Å². The fourth-order valence-electron chi connectivity index (χ4n) is 1.93. The molecule has 1 aliphatic rings. The highest BCUT2D eigenvalue weighted by molar-refractivity contribution is 9.11. The Morgan fingerprint density at radius 1 is 1.38 bits per heavy atom. The number of hydrogen-bond acceptors (Lipinski definition) is 2. The van der Waals surface area contributed by atoms with E-state index in [9.17, 15) is 4.79 Å². The molecule has 0 radical (unpaired) electrons. The van der Waals surface area contributed by atoms with Crippen LogP contribution in [0.25, 0.3) is 0 Å². The van der Waals surface area contributed by atoms with Crippen molar-refractivity contribution in [3.05, 3.63) is 32.2 Å². The van der Waals surface area contributed by atoms with Crippen molar-refractivity contribution in [3.63, 3.8) is 0 Å². The molecule has 0 bridgehead atoms. The molecule has 1 aromatic rings. The summed E-state index contributed by atoms with van der Waals surface area (Å²) in [5.74, 6) is 0.185. The highest BCUT2D eigenvalue weighted by atomic mass is 79.9. The van der Waals surface area contributed by atoms with Crippen molar-refractivity contribution in [1.29, 1.82) is 0 Å². The molecule has 16 heavy (non-hydrogen) atoms. The summed E-state index contributed by atoms with van der Waals surface area (Å²) in [7, 11) is 0. The summed E-state index contributed by atoms with van der Waals surface area (Å²) < 4.78 is 1.86. The molecule has 1 atom stereocenters. The zero-order chi connectivity index (χ0) is 11.7. The SMILES string of the molecule is Cc1cc(Br)c(C(=O)C2CCCN2)cc1Br. The van der Waals surface area contributed by atoms with Gasteiger partial charge in [-0.2, -0.15) is 0 Å². The van der Waals surface area contributed by atoms with Gasteiger partial charge in [0.05, 0.1) is 6.04 Å². The third kappa shape index (κ3) is 2.39. The number of nitrogens with one attached hydrogen (secondary N) is 1. The van der Waals surface area contributed by atoms with E-state index in [-0.39, 0.29) is 11.8 Å². The van der Waals surface area contributed by atoms with Gasteiger partial charge in [-0.3, -0.25) is 4.79 Å². The van der Waals surface area contributed by atoms with E-state index in [1.54, 1.807) is 0 Å². The number of aryl methyl sites for hydroxylation is 1. The molecule has 2 rings (SSSR count). The van der Waals surface area contributed by atoms with Gasteiger partial charge in [0, 0.05) is 14.5 Å². The van der Waals surface area contributed by atoms with Crippen LogP contribution in [0.2, 0.25) is 0 Å². The molecule has 1 unspecified atom stereocenters. The predicted octanol–water partition coefficient (Wildman–Crippen LogP) is 3.45. The Morgan fingerprint density at radius 3 is 2.75 bits per heavy atom. The number of halogens is 2. The van der Waals surface area contributed by atoms with Gasteiger partial charge in [-0.05, 0) is 44.0 Å². The van der Waals surface area contributed by atoms with E-state index in [4.69, 9.17) is 0 Å². The minimum absolute atomic E-state index is 0.00842. The average Bonchev–Trinajstić information content (AvgIpc) is 2.75. The molecule has 1 heterocycles. The quantitative estimate of drug-likeness (QED) is 0.831. The lowest BCUT2D eigenvalue weighted by atomic mass is 10.0. The van der Waals surface area contributed by atoms with Gasteiger partial charge in [0.2, 0.25) is 0 Å². The summed E-state index contributed by atoms with van der Waals surface area (Å²) in [6.45, 7) is 2.96. The lowest BCUT2D eigenvalue weighted by Crippen LogP contribution is -2.31. The molecule has 1 aliphatic heterocycles. The average molecular weight is 347 g/mol. The standard InChI is InChI=1S/C12H13Br2NO/c1-7-5-10(14)8(6-9(7)13)12(16)11-3-2-4-15-11/h5-6,11,15H,2-4H2,1H3. The maximum atomic E-state index is 12.2. The first-order valence-electron chi connectivity index (χ1n) is 5.33. The van der Waals surface area contributed by atoms with Gasteiger partial charge >= 0.3 is 0 Å². The van der Waals surface area contributed by atoms with Crippen LogP contribution < -0.4 is 5.32 Å². The van der Waals surface area contributed by atoms with Crippen LogP contribution in [0.1, 0.15) is 28.8 Å². The molecule has 1 saturated heterocycles. The third-order valence-corrected chi connectivity index (χ3v) is 4.40. The van der Waals surface area contributed by atoms with Crippen LogP contribution in [0.5, 0.6) is 0 Å². The molecular formula is C12H13Br2NO. The van der Waals surface area contributed by atoms with Gasteiger partial charge in [0.25, 0.3) is 0 Å². The topological polar surface area (TPSA) is 29.1 Å². The van der Waals surface area contributed by atoms with E-state index < -0.39 is 0 Å². The Balaban J connectivity index is 2.32. The first-order chi connectivity index (χ1) is 7.59. The van der Waals surface area contributed by atoms with Crippen molar-refractivity contribution in [2.75, 3.05) is 6.54 Å². The smallest absolute Gasteiger partial charge is 0.180 e. The second-order valence-electron chi connectivity index (χ2n) is 4.09. The lowest BCUT2D eigenvalue weighted by Gasteiger charge is -2.12. The number of hydrogen-bond donors (Lipinski definition) is 1. The predicted molar refractivity (Wildman–Crippen MR) is 71.9 cm³/mol. The second kappa shape index (κ2) is 4.98. The molecule has 4 heteroatoms. The number of Topliss-reactive ketones (excluding diaryl/α,β-unsaturated/α-hetero) is 1. The van der Waals surface area contributed by atoms with Gasteiger partial charge in [-0.15, -0.1) is 0 Å².